The van der Waals surface area contributed by atoms with Crippen LogP contribution in [0.2, 0.25) is 5.02 Å². The molecule has 1 aromatic rings. The zero-order valence-corrected chi connectivity index (χ0v) is 12.9. The van der Waals surface area contributed by atoms with E-state index in [1.807, 2.05) is 0 Å². The van der Waals surface area contributed by atoms with E-state index in [1.165, 1.54) is 17.8 Å². The summed E-state index contributed by atoms with van der Waals surface area (Å²) in [6.45, 7) is 1.72. The fourth-order valence-electron chi connectivity index (χ4n) is 1.43. The van der Waals surface area contributed by atoms with E-state index in [0.29, 0.717) is 4.90 Å². The van der Waals surface area contributed by atoms with Gasteiger partial charge in [0.15, 0.2) is 5.82 Å². The minimum absolute atomic E-state index is 0.0506. The van der Waals surface area contributed by atoms with E-state index in [2.05, 4.69) is 22.4 Å². The molecule has 0 N–H and O–H groups in total. The van der Waals surface area contributed by atoms with E-state index >= 15 is 0 Å². The predicted molar refractivity (Wildman–Crippen MR) is 80.5 cm³/mol. The van der Waals surface area contributed by atoms with Crippen LogP contribution in [0.4, 0.5) is 10.1 Å². The lowest BCUT2D eigenvalue weighted by molar-refractivity contribution is -0.143. The van der Waals surface area contributed by atoms with Crippen molar-refractivity contribution < 1.29 is 13.9 Å². The van der Waals surface area contributed by atoms with Crippen molar-refractivity contribution in [1.29, 1.82) is 0 Å². The Bertz CT molecular complexity index is 586. The zero-order valence-electron chi connectivity index (χ0n) is 10.6. The van der Waals surface area contributed by atoms with Crippen LogP contribution in [0, 0.1) is 5.82 Å². The molecule has 3 nitrogen and oxygen atoms in total. The summed E-state index contributed by atoms with van der Waals surface area (Å²) in [5.41, 5.74) is 0.0506. The maximum absolute atomic E-state index is 13.5. The molecule has 0 aliphatic heterocycles. The quantitative estimate of drug-likeness (QED) is 0.347. The number of hydrogen-bond acceptors (Lipinski definition) is 5. The fourth-order valence-corrected chi connectivity index (χ4v) is 2.69. The highest BCUT2D eigenvalue weighted by atomic mass is 35.5. The standard InChI is InChI=1S/C13H11ClFNO2S2/c1-7(13(17)18-8-2-3-8)20-12-5-11(16-6-19)10(15)4-9(12)14/h4-5,7-8H,2-3H2,1H3. The second-order valence-corrected chi connectivity index (χ2v) is 6.31. The molecule has 20 heavy (non-hydrogen) atoms. The molecule has 0 aromatic heterocycles. The summed E-state index contributed by atoms with van der Waals surface area (Å²) >= 11 is 11.6. The molecule has 7 heteroatoms. The highest BCUT2D eigenvalue weighted by Crippen LogP contribution is 2.36. The summed E-state index contributed by atoms with van der Waals surface area (Å²) in [6.07, 6.45) is 1.91. The normalized spacial score (nSPS) is 15.3. The van der Waals surface area contributed by atoms with Crippen LogP contribution < -0.4 is 0 Å². The molecule has 1 unspecified atom stereocenters. The number of thiocarbonyl (C=S) groups is 1. The highest BCUT2D eigenvalue weighted by molar-refractivity contribution is 8.00. The van der Waals surface area contributed by atoms with Gasteiger partial charge >= 0.3 is 5.97 Å². The third-order valence-corrected chi connectivity index (χ3v) is 4.26. The number of carbonyl (C=O) groups excluding carboxylic acids is 1. The molecule has 0 bridgehead atoms. The number of thioether (sulfide) groups is 1. The van der Waals surface area contributed by atoms with Gasteiger partial charge in [0.05, 0.1) is 10.2 Å². The smallest absolute Gasteiger partial charge is 0.319 e. The van der Waals surface area contributed by atoms with E-state index in [-0.39, 0.29) is 22.8 Å². The first-order valence-corrected chi connectivity index (χ1v) is 7.62. The predicted octanol–water partition coefficient (Wildman–Crippen LogP) is 4.40. The van der Waals surface area contributed by atoms with Crippen molar-refractivity contribution in [1.82, 2.24) is 0 Å². The minimum atomic E-state index is -0.579. The first-order valence-electron chi connectivity index (χ1n) is 5.95. The molecule has 0 heterocycles. The molecule has 0 spiro atoms. The van der Waals surface area contributed by atoms with E-state index in [4.69, 9.17) is 16.3 Å². The number of isothiocyanates is 1. The Hall–Kier alpha value is -0.940. The Morgan fingerprint density at radius 3 is 2.95 bits per heavy atom. The van der Waals surface area contributed by atoms with E-state index in [0.717, 1.165) is 18.9 Å². The molecule has 1 aliphatic carbocycles. The first kappa shape index (κ1) is 15.4. The van der Waals surface area contributed by atoms with Gasteiger partial charge in [-0.15, -0.1) is 11.8 Å². The second-order valence-electron chi connectivity index (χ2n) is 4.33. The van der Waals surface area contributed by atoms with Crippen molar-refractivity contribution in [3.63, 3.8) is 0 Å². The first-order chi connectivity index (χ1) is 9.51. The van der Waals surface area contributed by atoms with Crippen LogP contribution >= 0.6 is 35.6 Å². The van der Waals surface area contributed by atoms with Crippen molar-refractivity contribution in [3.8, 4) is 0 Å². The second kappa shape index (κ2) is 6.68. The van der Waals surface area contributed by atoms with Gasteiger partial charge in [0.2, 0.25) is 0 Å². The Morgan fingerprint density at radius 2 is 2.35 bits per heavy atom. The number of rotatable bonds is 5. The summed E-state index contributed by atoms with van der Waals surface area (Å²) < 4.78 is 18.7. The number of esters is 1. The molecule has 1 saturated carbocycles. The van der Waals surface area contributed by atoms with Crippen molar-refractivity contribution in [2.45, 2.75) is 36.0 Å². The Labute approximate surface area is 130 Å². The van der Waals surface area contributed by atoms with E-state index < -0.39 is 11.1 Å². The number of aliphatic imine (C=N–C) groups is 1. The fraction of sp³-hybridized carbons (Fsp3) is 0.385. The van der Waals surface area contributed by atoms with Crippen LogP contribution in [0.1, 0.15) is 19.8 Å². The van der Waals surface area contributed by atoms with E-state index in [9.17, 15) is 9.18 Å². The molecule has 0 saturated heterocycles. The molecular formula is C13H11ClFNO2S2. The van der Waals surface area contributed by atoms with Gasteiger partial charge in [0.1, 0.15) is 17.0 Å². The molecular weight excluding hydrogens is 321 g/mol. The van der Waals surface area contributed by atoms with Gasteiger partial charge in [-0.3, -0.25) is 4.79 Å². The third kappa shape index (κ3) is 4.03. The zero-order chi connectivity index (χ0) is 14.7. The monoisotopic (exact) mass is 331 g/mol. The number of halogens is 2. The van der Waals surface area contributed by atoms with Crippen LogP contribution in [0.25, 0.3) is 0 Å². The van der Waals surface area contributed by atoms with Gasteiger partial charge in [-0.2, -0.15) is 4.99 Å². The van der Waals surface area contributed by atoms with Crippen LogP contribution in [0.5, 0.6) is 0 Å². The van der Waals surface area contributed by atoms with Gasteiger partial charge in [0.25, 0.3) is 0 Å². The molecule has 1 atom stereocenters. The number of hydrogen-bond donors (Lipinski definition) is 0. The van der Waals surface area contributed by atoms with Crippen molar-refractivity contribution in [2.24, 2.45) is 4.99 Å². The molecule has 1 aliphatic rings. The molecule has 2 rings (SSSR count). The minimum Gasteiger partial charge on any atom is -0.462 e. The van der Waals surface area contributed by atoms with Crippen molar-refractivity contribution in [3.05, 3.63) is 23.0 Å². The lowest BCUT2D eigenvalue weighted by Crippen LogP contribution is -2.17. The third-order valence-electron chi connectivity index (χ3n) is 2.61. The highest BCUT2D eigenvalue weighted by Gasteiger charge is 2.29. The molecule has 1 aromatic carbocycles. The van der Waals surface area contributed by atoms with Crippen LogP contribution in [0.15, 0.2) is 22.0 Å². The number of nitrogens with zero attached hydrogens (tertiary/aromatic N) is 1. The Balaban J connectivity index is 2.12. The maximum atomic E-state index is 13.5. The Kier molecular flexibility index (Phi) is 5.16. The average Bonchev–Trinajstić information content (AvgIpc) is 3.19. The summed E-state index contributed by atoms with van der Waals surface area (Å²) in [5.74, 6) is -0.873. The van der Waals surface area contributed by atoms with Crippen LogP contribution in [-0.2, 0) is 9.53 Å². The largest absolute Gasteiger partial charge is 0.462 e. The van der Waals surface area contributed by atoms with Gasteiger partial charge in [0, 0.05) is 4.90 Å². The summed E-state index contributed by atoms with van der Waals surface area (Å²) in [5, 5.41) is 1.90. The maximum Gasteiger partial charge on any atom is 0.319 e. The Morgan fingerprint density at radius 1 is 1.65 bits per heavy atom. The van der Waals surface area contributed by atoms with Crippen molar-refractivity contribution in [2.75, 3.05) is 0 Å². The van der Waals surface area contributed by atoms with Crippen LogP contribution in [-0.4, -0.2) is 22.5 Å². The summed E-state index contributed by atoms with van der Waals surface area (Å²) in [7, 11) is 0. The lowest BCUT2D eigenvalue weighted by Gasteiger charge is -2.12. The number of carbonyl (C=O) groups is 1. The molecule has 0 amide bonds. The van der Waals surface area contributed by atoms with E-state index in [1.54, 1.807) is 6.92 Å². The molecule has 106 valence electrons. The summed E-state index contributed by atoms with van der Waals surface area (Å²) in [6, 6.07) is 2.59. The molecule has 0 radical (unpaired) electrons. The number of benzene rings is 1. The average molecular weight is 332 g/mol. The topological polar surface area (TPSA) is 38.7 Å². The summed E-state index contributed by atoms with van der Waals surface area (Å²) in [4.78, 5) is 15.9. The lowest BCUT2D eigenvalue weighted by atomic mass is 10.3. The SMILES string of the molecule is CC(Sc1cc(N=C=S)c(F)cc1Cl)C(=O)OC1CC1. The van der Waals surface area contributed by atoms with Crippen molar-refractivity contribution >= 4 is 52.4 Å². The van der Waals surface area contributed by atoms with Gasteiger partial charge in [-0.05, 0) is 44.1 Å². The van der Waals surface area contributed by atoms with Gasteiger partial charge in [-0.25, -0.2) is 4.39 Å². The van der Waals surface area contributed by atoms with Crippen LogP contribution in [0.3, 0.4) is 0 Å². The number of ether oxygens (including phenoxy) is 1. The van der Waals surface area contributed by atoms with Gasteiger partial charge in [-0.1, -0.05) is 11.6 Å². The molecule has 1 fully saturated rings. The van der Waals surface area contributed by atoms with Gasteiger partial charge < -0.3 is 4.74 Å².